The Balaban J connectivity index is 0.000000383. The van der Waals surface area contributed by atoms with Crippen LogP contribution < -0.4 is 0 Å². The number of pyridine rings is 1. The van der Waals surface area contributed by atoms with E-state index in [-0.39, 0.29) is 0 Å². The van der Waals surface area contributed by atoms with Crippen LogP contribution in [0, 0.1) is 5.92 Å². The van der Waals surface area contributed by atoms with Crippen LogP contribution in [0.5, 0.6) is 0 Å². The van der Waals surface area contributed by atoms with Crippen molar-refractivity contribution in [2.24, 2.45) is 5.92 Å². The van der Waals surface area contributed by atoms with Gasteiger partial charge in [-0.15, -0.1) is 0 Å². The van der Waals surface area contributed by atoms with Crippen molar-refractivity contribution < 1.29 is 60.4 Å². The summed E-state index contributed by atoms with van der Waals surface area (Å²) in [4.78, 5) is 24.6. The van der Waals surface area contributed by atoms with E-state index < -0.39 is 24.3 Å². The average Bonchev–Trinajstić information content (AvgIpc) is 3.21. The number of carbonyl (C=O) groups is 2. The van der Waals surface area contributed by atoms with E-state index >= 15 is 0 Å². The molecule has 1 saturated heterocycles. The normalized spacial score (nSPS) is 21.9. The van der Waals surface area contributed by atoms with Crippen LogP contribution in [-0.4, -0.2) is 96.6 Å². The maximum Gasteiger partial charge on any atom is 0.490 e. The molecule has 3 rings (SSSR count). The van der Waals surface area contributed by atoms with Gasteiger partial charge in [-0.1, -0.05) is 6.07 Å². The molecule has 1 aliphatic carbocycles. The molecule has 2 fully saturated rings. The Hall–Kier alpha value is -2.49. The summed E-state index contributed by atoms with van der Waals surface area (Å²) in [5.74, 6) is -4.93. The highest BCUT2D eigenvalue weighted by Crippen LogP contribution is 2.34. The summed E-state index contributed by atoms with van der Waals surface area (Å²) in [6.45, 7) is 5.05. The van der Waals surface area contributed by atoms with Gasteiger partial charge in [-0.05, 0) is 30.9 Å². The molecular weight excluding hydrogens is 506 g/mol. The lowest BCUT2D eigenvalue weighted by Crippen LogP contribution is -2.49. The minimum Gasteiger partial charge on any atom is -0.475 e. The molecule has 206 valence electrons. The number of alkyl halides is 6. The molecule has 0 amide bonds. The molecule has 0 spiro atoms. The van der Waals surface area contributed by atoms with Crippen LogP contribution in [0.4, 0.5) is 26.3 Å². The lowest BCUT2D eigenvalue weighted by molar-refractivity contribution is -0.193. The second kappa shape index (κ2) is 14.9. The fourth-order valence-electron chi connectivity index (χ4n) is 3.56. The first-order chi connectivity index (χ1) is 16.8. The van der Waals surface area contributed by atoms with Gasteiger partial charge in [-0.25, -0.2) is 9.59 Å². The van der Waals surface area contributed by atoms with Crippen LogP contribution >= 0.6 is 0 Å². The number of halogens is 6. The largest absolute Gasteiger partial charge is 0.490 e. The van der Waals surface area contributed by atoms with E-state index in [0.29, 0.717) is 24.7 Å². The Morgan fingerprint density at radius 2 is 1.72 bits per heavy atom. The second-order valence-corrected chi connectivity index (χ2v) is 7.78. The minimum absolute atomic E-state index is 0.369. The van der Waals surface area contributed by atoms with Crippen molar-refractivity contribution in [3.8, 4) is 0 Å². The molecule has 15 heteroatoms. The van der Waals surface area contributed by atoms with Gasteiger partial charge < -0.3 is 24.4 Å². The lowest BCUT2D eigenvalue weighted by Gasteiger charge is -2.37. The number of aliphatic carboxylic acids is 2. The zero-order chi connectivity index (χ0) is 27.4. The van der Waals surface area contributed by atoms with E-state index in [1.165, 1.54) is 0 Å². The Morgan fingerprint density at radius 1 is 1.11 bits per heavy atom. The monoisotopic (exact) mass is 534 g/mol. The summed E-state index contributed by atoms with van der Waals surface area (Å²) in [7, 11) is 1.76. The van der Waals surface area contributed by atoms with Crippen LogP contribution in [-0.2, 0) is 30.4 Å². The molecule has 9 nitrogen and oxygen atoms in total. The first-order valence-electron chi connectivity index (χ1n) is 10.7. The lowest BCUT2D eigenvalue weighted by atomic mass is 10.1. The van der Waals surface area contributed by atoms with E-state index in [1.54, 1.807) is 7.11 Å². The molecule has 1 aromatic heterocycles. The number of carboxylic acids is 2. The van der Waals surface area contributed by atoms with Gasteiger partial charge in [0, 0.05) is 32.4 Å². The van der Waals surface area contributed by atoms with Crippen LogP contribution in [0.25, 0.3) is 0 Å². The number of nitrogens with zero attached hydrogens (tertiary/aromatic N) is 2. The topological polar surface area (TPSA) is 118 Å². The molecule has 2 aliphatic rings. The smallest absolute Gasteiger partial charge is 0.475 e. The zero-order valence-corrected chi connectivity index (χ0v) is 19.3. The minimum atomic E-state index is -5.08. The SMILES string of the molecule is COCCN1CCO[C@@H]2CC(COCc3ccccn3)C[C@H]21.O=C(O)C(F)(F)F.O=C(O)C(F)(F)F. The van der Waals surface area contributed by atoms with Gasteiger partial charge in [-0.2, -0.15) is 26.3 Å². The maximum atomic E-state index is 10.6. The fourth-order valence-corrected chi connectivity index (χ4v) is 3.56. The highest BCUT2D eigenvalue weighted by molar-refractivity contribution is 5.73. The second-order valence-electron chi connectivity index (χ2n) is 7.78. The number of ether oxygens (including phenoxy) is 3. The average molecular weight is 534 g/mol. The highest BCUT2D eigenvalue weighted by Gasteiger charge is 2.41. The Labute approximate surface area is 202 Å². The predicted octanol–water partition coefficient (Wildman–Crippen LogP) is 2.99. The van der Waals surface area contributed by atoms with Crippen molar-refractivity contribution in [3.05, 3.63) is 30.1 Å². The standard InChI is InChI=1S/C17H26N2O3.2C2HF3O2/c1-20-8-6-19-7-9-22-17-11-14(10-16(17)19)12-21-13-15-4-2-3-5-18-15;2*3-2(4,5)1(6)7/h2-5,14,16-17H,6-13H2,1H3;2*(H,6,7)/t14?,16-,17-;;/m1../s1. The number of hydrogen-bond donors (Lipinski definition) is 2. The molecule has 2 N–H and O–H groups in total. The van der Waals surface area contributed by atoms with Gasteiger partial charge in [0.1, 0.15) is 0 Å². The van der Waals surface area contributed by atoms with Crippen LogP contribution in [0.1, 0.15) is 18.5 Å². The summed E-state index contributed by atoms with van der Waals surface area (Å²) in [5.41, 5.74) is 0.996. The number of morpholine rings is 1. The number of methoxy groups -OCH3 is 1. The Bertz CT molecular complexity index is 771. The van der Waals surface area contributed by atoms with E-state index in [1.807, 2.05) is 24.4 Å². The molecule has 1 saturated carbocycles. The summed E-state index contributed by atoms with van der Waals surface area (Å²) < 4.78 is 80.5. The summed E-state index contributed by atoms with van der Waals surface area (Å²) in [6, 6.07) is 6.46. The molecule has 2 heterocycles. The van der Waals surface area contributed by atoms with E-state index in [0.717, 1.165) is 51.4 Å². The molecule has 0 aromatic carbocycles. The predicted molar refractivity (Wildman–Crippen MR) is 111 cm³/mol. The zero-order valence-electron chi connectivity index (χ0n) is 19.3. The molecule has 1 aliphatic heterocycles. The number of fused-ring (bicyclic) bond motifs is 1. The van der Waals surface area contributed by atoms with Gasteiger partial charge >= 0.3 is 24.3 Å². The molecule has 1 aromatic rings. The van der Waals surface area contributed by atoms with E-state index in [2.05, 4.69) is 9.88 Å². The van der Waals surface area contributed by atoms with Crippen molar-refractivity contribution >= 4 is 11.9 Å². The van der Waals surface area contributed by atoms with Crippen LogP contribution in [0.2, 0.25) is 0 Å². The molecule has 36 heavy (non-hydrogen) atoms. The van der Waals surface area contributed by atoms with Crippen molar-refractivity contribution in [2.45, 2.75) is 43.9 Å². The van der Waals surface area contributed by atoms with Gasteiger partial charge in [0.2, 0.25) is 0 Å². The highest BCUT2D eigenvalue weighted by atomic mass is 19.4. The van der Waals surface area contributed by atoms with Crippen LogP contribution in [0.15, 0.2) is 24.4 Å². The number of hydrogen-bond acceptors (Lipinski definition) is 7. The van der Waals surface area contributed by atoms with Crippen molar-refractivity contribution in [1.82, 2.24) is 9.88 Å². The van der Waals surface area contributed by atoms with E-state index in [4.69, 9.17) is 34.0 Å². The quantitative estimate of drug-likeness (QED) is 0.509. The van der Waals surface area contributed by atoms with Gasteiger partial charge in [-0.3, -0.25) is 9.88 Å². The molecule has 1 unspecified atom stereocenters. The third kappa shape index (κ3) is 12.0. The number of aromatic nitrogens is 1. The number of rotatable bonds is 7. The molecule has 3 atom stereocenters. The van der Waals surface area contributed by atoms with E-state index in [9.17, 15) is 26.3 Å². The summed E-state index contributed by atoms with van der Waals surface area (Å²) >= 11 is 0. The van der Waals surface area contributed by atoms with Crippen molar-refractivity contribution in [1.29, 1.82) is 0 Å². The maximum absolute atomic E-state index is 10.6. The first-order valence-corrected chi connectivity index (χ1v) is 10.7. The fraction of sp³-hybridized carbons (Fsp3) is 0.667. The van der Waals surface area contributed by atoms with Crippen molar-refractivity contribution in [3.63, 3.8) is 0 Å². The molecule has 0 bridgehead atoms. The first kappa shape index (κ1) is 31.5. The van der Waals surface area contributed by atoms with Crippen LogP contribution in [0.3, 0.4) is 0 Å². The van der Waals surface area contributed by atoms with Gasteiger partial charge in [0.15, 0.2) is 0 Å². The van der Waals surface area contributed by atoms with Gasteiger partial charge in [0.05, 0.1) is 38.2 Å². The van der Waals surface area contributed by atoms with Gasteiger partial charge in [0.25, 0.3) is 0 Å². The van der Waals surface area contributed by atoms with Crippen molar-refractivity contribution in [2.75, 3.05) is 40.0 Å². The summed E-state index contributed by atoms with van der Waals surface area (Å²) in [6.07, 6.45) is -5.72. The Morgan fingerprint density at radius 3 is 2.22 bits per heavy atom. The third-order valence-corrected chi connectivity index (χ3v) is 5.15. The number of carboxylic acid groups (broad SMARTS) is 2. The molecular formula is C21H28F6N2O7. The Kier molecular flexibility index (Phi) is 13.1. The summed E-state index contributed by atoms with van der Waals surface area (Å²) in [5, 5.41) is 14.2. The molecule has 0 radical (unpaired) electrons. The third-order valence-electron chi connectivity index (χ3n) is 5.15.